The Morgan fingerprint density at radius 2 is 2.24 bits per heavy atom. The van der Waals surface area contributed by atoms with E-state index in [1.807, 2.05) is 6.92 Å². The normalized spacial score (nSPS) is 10.1. The highest BCUT2D eigenvalue weighted by Gasteiger charge is 2.08. The summed E-state index contributed by atoms with van der Waals surface area (Å²) in [7, 11) is 0. The Morgan fingerprint density at radius 3 is 2.82 bits per heavy atom. The van der Waals surface area contributed by atoms with Crippen molar-refractivity contribution in [2.24, 2.45) is 0 Å². The highest BCUT2D eigenvalue weighted by molar-refractivity contribution is 6.29. The Hall–Kier alpha value is -1.35. The molecule has 0 saturated carbocycles. The first kappa shape index (κ1) is 13.7. The van der Waals surface area contributed by atoms with Crippen LogP contribution in [0.2, 0.25) is 5.15 Å². The second-order valence-corrected chi connectivity index (χ2v) is 4.45. The third kappa shape index (κ3) is 4.57. The predicted octanol–water partition coefficient (Wildman–Crippen LogP) is 2.99. The van der Waals surface area contributed by atoms with Gasteiger partial charge in [-0.1, -0.05) is 37.1 Å². The lowest BCUT2D eigenvalue weighted by molar-refractivity contribution is 0.0957. The summed E-state index contributed by atoms with van der Waals surface area (Å²) in [5.74, 6) is -0.144. The van der Waals surface area contributed by atoms with Crippen molar-refractivity contribution in [2.45, 2.75) is 26.7 Å². The van der Waals surface area contributed by atoms with Crippen LogP contribution in [0.5, 0.6) is 0 Å². The van der Waals surface area contributed by atoms with Crippen molar-refractivity contribution in [1.82, 2.24) is 10.3 Å². The van der Waals surface area contributed by atoms with Gasteiger partial charge in [-0.2, -0.15) is 0 Å². The van der Waals surface area contributed by atoms with Gasteiger partial charge in [-0.05, 0) is 25.5 Å². The number of rotatable bonds is 5. The Morgan fingerprint density at radius 1 is 1.53 bits per heavy atom. The van der Waals surface area contributed by atoms with Crippen molar-refractivity contribution in [3.05, 3.63) is 40.7 Å². The van der Waals surface area contributed by atoms with E-state index in [4.69, 9.17) is 11.6 Å². The van der Waals surface area contributed by atoms with Crippen LogP contribution in [-0.2, 0) is 6.42 Å². The molecule has 0 unspecified atom stereocenters. The first-order valence-electron chi connectivity index (χ1n) is 5.62. The lowest BCUT2D eigenvalue weighted by Crippen LogP contribution is -2.25. The van der Waals surface area contributed by atoms with Gasteiger partial charge < -0.3 is 5.32 Å². The molecule has 0 bridgehead atoms. The van der Waals surface area contributed by atoms with E-state index in [1.165, 1.54) is 0 Å². The van der Waals surface area contributed by atoms with Crippen LogP contribution in [0.1, 0.15) is 36.3 Å². The number of nitrogens with one attached hydrogen (secondary N) is 1. The van der Waals surface area contributed by atoms with Gasteiger partial charge in [0.15, 0.2) is 0 Å². The summed E-state index contributed by atoms with van der Waals surface area (Å²) in [6, 6.07) is 3.36. The van der Waals surface area contributed by atoms with Crippen LogP contribution < -0.4 is 5.32 Å². The minimum atomic E-state index is -0.144. The quantitative estimate of drug-likeness (QED) is 0.647. The van der Waals surface area contributed by atoms with Gasteiger partial charge in [0.25, 0.3) is 5.91 Å². The second kappa shape index (κ2) is 6.40. The van der Waals surface area contributed by atoms with Gasteiger partial charge in [-0.15, -0.1) is 0 Å². The largest absolute Gasteiger partial charge is 0.348 e. The van der Waals surface area contributed by atoms with Crippen molar-refractivity contribution in [3.8, 4) is 0 Å². The number of aryl methyl sites for hydroxylation is 1. The highest BCUT2D eigenvalue weighted by atomic mass is 35.5. The average Bonchev–Trinajstić information content (AvgIpc) is 2.25. The fourth-order valence-electron chi connectivity index (χ4n) is 1.40. The minimum absolute atomic E-state index is 0.144. The Labute approximate surface area is 107 Å². The zero-order valence-corrected chi connectivity index (χ0v) is 11.0. The summed E-state index contributed by atoms with van der Waals surface area (Å²) in [6.45, 7) is 8.13. The van der Waals surface area contributed by atoms with Crippen LogP contribution in [0.4, 0.5) is 0 Å². The lowest BCUT2D eigenvalue weighted by Gasteiger charge is -2.07. The molecule has 1 N–H and O–H groups in total. The van der Waals surface area contributed by atoms with Crippen molar-refractivity contribution in [2.75, 3.05) is 6.54 Å². The number of hydrogen-bond acceptors (Lipinski definition) is 2. The molecule has 1 aromatic rings. The molecule has 4 heteroatoms. The number of amides is 1. The molecule has 0 aliphatic heterocycles. The van der Waals surface area contributed by atoms with E-state index in [0.29, 0.717) is 17.3 Å². The van der Waals surface area contributed by atoms with Crippen LogP contribution in [0, 0.1) is 0 Å². The summed E-state index contributed by atoms with van der Waals surface area (Å²) >= 11 is 5.88. The molecule has 0 aliphatic rings. The number of aromatic nitrogens is 1. The number of halogens is 1. The van der Waals surface area contributed by atoms with Gasteiger partial charge in [0, 0.05) is 17.8 Å². The SMILES string of the molecule is C=C(C)CNC(=O)c1cc(Cl)nc(CCC)c1. The predicted molar refractivity (Wildman–Crippen MR) is 70.4 cm³/mol. The van der Waals surface area contributed by atoms with Gasteiger partial charge in [0.05, 0.1) is 0 Å². The van der Waals surface area contributed by atoms with E-state index in [0.717, 1.165) is 24.1 Å². The summed E-state index contributed by atoms with van der Waals surface area (Å²) in [6.07, 6.45) is 1.79. The van der Waals surface area contributed by atoms with Crippen LogP contribution >= 0.6 is 11.6 Å². The summed E-state index contributed by atoms with van der Waals surface area (Å²) in [5, 5.41) is 3.13. The zero-order chi connectivity index (χ0) is 12.8. The average molecular weight is 253 g/mol. The molecule has 0 spiro atoms. The van der Waals surface area contributed by atoms with E-state index >= 15 is 0 Å². The first-order valence-corrected chi connectivity index (χ1v) is 5.99. The standard InChI is InChI=1S/C13H17ClN2O/c1-4-5-11-6-10(7-12(14)16-11)13(17)15-8-9(2)3/h6-7H,2,4-5,8H2,1,3H3,(H,15,17). The number of carbonyl (C=O) groups excluding carboxylic acids is 1. The maximum atomic E-state index is 11.8. The Balaban J connectivity index is 2.81. The number of hydrogen-bond donors (Lipinski definition) is 1. The molecule has 3 nitrogen and oxygen atoms in total. The van der Waals surface area contributed by atoms with Crippen LogP contribution in [0.3, 0.4) is 0 Å². The fraction of sp³-hybridized carbons (Fsp3) is 0.385. The molecule has 0 atom stereocenters. The van der Waals surface area contributed by atoms with E-state index < -0.39 is 0 Å². The molecular formula is C13H17ClN2O. The molecule has 0 aliphatic carbocycles. The third-order valence-corrected chi connectivity index (χ3v) is 2.36. The Bertz CT molecular complexity index is 429. The number of pyridine rings is 1. The topological polar surface area (TPSA) is 42.0 Å². The molecule has 1 aromatic heterocycles. The molecular weight excluding hydrogens is 236 g/mol. The number of carbonyl (C=O) groups is 1. The maximum absolute atomic E-state index is 11.8. The third-order valence-electron chi connectivity index (χ3n) is 2.17. The second-order valence-electron chi connectivity index (χ2n) is 4.06. The summed E-state index contributed by atoms with van der Waals surface area (Å²) in [4.78, 5) is 16.0. The van der Waals surface area contributed by atoms with Crippen LogP contribution in [0.15, 0.2) is 24.3 Å². The van der Waals surface area contributed by atoms with E-state index in [1.54, 1.807) is 12.1 Å². The summed E-state index contributed by atoms with van der Waals surface area (Å²) in [5.41, 5.74) is 2.31. The van der Waals surface area contributed by atoms with E-state index in [9.17, 15) is 4.79 Å². The van der Waals surface area contributed by atoms with Gasteiger partial charge in [0.1, 0.15) is 5.15 Å². The smallest absolute Gasteiger partial charge is 0.251 e. The molecule has 92 valence electrons. The van der Waals surface area contributed by atoms with Crippen LogP contribution in [-0.4, -0.2) is 17.4 Å². The van der Waals surface area contributed by atoms with Crippen molar-refractivity contribution in [3.63, 3.8) is 0 Å². The highest BCUT2D eigenvalue weighted by Crippen LogP contribution is 2.12. The van der Waals surface area contributed by atoms with E-state index in [-0.39, 0.29) is 5.91 Å². The van der Waals surface area contributed by atoms with Gasteiger partial charge in [-0.3, -0.25) is 4.79 Å². The lowest BCUT2D eigenvalue weighted by atomic mass is 10.1. The van der Waals surface area contributed by atoms with Gasteiger partial charge >= 0.3 is 0 Å². The fourth-order valence-corrected chi connectivity index (χ4v) is 1.63. The minimum Gasteiger partial charge on any atom is -0.348 e. The molecule has 1 rings (SSSR count). The van der Waals surface area contributed by atoms with Gasteiger partial charge in [0.2, 0.25) is 0 Å². The number of nitrogens with zero attached hydrogens (tertiary/aromatic N) is 1. The van der Waals surface area contributed by atoms with Gasteiger partial charge in [-0.25, -0.2) is 4.98 Å². The van der Waals surface area contributed by atoms with Crippen molar-refractivity contribution < 1.29 is 4.79 Å². The molecule has 1 heterocycles. The molecule has 0 radical (unpaired) electrons. The molecule has 17 heavy (non-hydrogen) atoms. The molecule has 0 aromatic carbocycles. The maximum Gasteiger partial charge on any atom is 0.251 e. The monoisotopic (exact) mass is 252 g/mol. The molecule has 1 amide bonds. The molecule has 0 fully saturated rings. The summed E-state index contributed by atoms with van der Waals surface area (Å²) < 4.78 is 0. The van der Waals surface area contributed by atoms with E-state index in [2.05, 4.69) is 23.8 Å². The van der Waals surface area contributed by atoms with Crippen LogP contribution in [0.25, 0.3) is 0 Å². The van der Waals surface area contributed by atoms with Crippen molar-refractivity contribution in [1.29, 1.82) is 0 Å². The molecule has 0 saturated heterocycles. The van der Waals surface area contributed by atoms with Crippen molar-refractivity contribution >= 4 is 17.5 Å². The zero-order valence-electron chi connectivity index (χ0n) is 10.2. The Kier molecular flexibility index (Phi) is 5.16. The first-order chi connectivity index (χ1) is 8.02.